The molecular weight excluding hydrogens is 382 g/mol. The van der Waals surface area contributed by atoms with Gasteiger partial charge in [-0.05, 0) is 18.2 Å². The number of rotatable bonds is 4. The Bertz CT molecular complexity index is 884. The number of furan rings is 1. The van der Waals surface area contributed by atoms with Gasteiger partial charge in [0.2, 0.25) is 5.09 Å². The molecular formula is C16H20ClN3O5S. The highest BCUT2D eigenvalue weighted by atomic mass is 35.5. The van der Waals surface area contributed by atoms with E-state index >= 15 is 0 Å². The number of carbonyl (C=O) groups excluding carboxylic acids is 1. The van der Waals surface area contributed by atoms with E-state index in [1.165, 1.54) is 12.1 Å². The zero-order chi connectivity index (χ0) is 18.0. The van der Waals surface area contributed by atoms with E-state index in [2.05, 4.69) is 5.32 Å². The first-order chi connectivity index (χ1) is 11.9. The van der Waals surface area contributed by atoms with Crippen LogP contribution in [0.5, 0.6) is 5.75 Å². The fraction of sp³-hybridized carbons (Fsp3) is 0.312. The third-order valence-electron chi connectivity index (χ3n) is 4.07. The van der Waals surface area contributed by atoms with E-state index in [1.807, 2.05) is 24.3 Å². The van der Waals surface area contributed by atoms with Crippen molar-refractivity contribution in [2.45, 2.75) is 11.1 Å². The SMILES string of the molecule is COc1ccccc1C1CNCCN1C(=O)c1ccc(S(N)(=O)=O)o1.Cl. The molecule has 10 heteroatoms. The number of hydrogen-bond donors (Lipinski definition) is 2. The zero-order valence-corrected chi connectivity index (χ0v) is 15.7. The van der Waals surface area contributed by atoms with E-state index in [9.17, 15) is 13.2 Å². The average molecular weight is 402 g/mol. The van der Waals surface area contributed by atoms with Gasteiger partial charge in [0.15, 0.2) is 5.76 Å². The molecule has 1 unspecified atom stereocenters. The predicted octanol–water partition coefficient (Wildman–Crippen LogP) is 1.14. The molecule has 3 rings (SSSR count). The number of ether oxygens (including phenoxy) is 1. The predicted molar refractivity (Wildman–Crippen MR) is 97.0 cm³/mol. The second-order valence-corrected chi connectivity index (χ2v) is 7.12. The highest BCUT2D eigenvalue weighted by Crippen LogP contribution is 2.31. The molecule has 8 nitrogen and oxygen atoms in total. The van der Waals surface area contributed by atoms with E-state index in [0.717, 1.165) is 5.56 Å². The van der Waals surface area contributed by atoms with Crippen LogP contribution in [0.2, 0.25) is 0 Å². The van der Waals surface area contributed by atoms with Gasteiger partial charge in [0.05, 0.1) is 13.2 Å². The summed E-state index contributed by atoms with van der Waals surface area (Å²) in [4.78, 5) is 14.5. The van der Waals surface area contributed by atoms with Gasteiger partial charge in [-0.15, -0.1) is 12.4 Å². The number of nitrogens with one attached hydrogen (secondary N) is 1. The van der Waals surface area contributed by atoms with E-state index in [4.69, 9.17) is 14.3 Å². The van der Waals surface area contributed by atoms with Crippen LogP contribution in [0.4, 0.5) is 0 Å². The molecule has 1 aliphatic rings. The lowest BCUT2D eigenvalue weighted by Gasteiger charge is -2.36. The van der Waals surface area contributed by atoms with Crippen LogP contribution in [0.15, 0.2) is 45.9 Å². The fourth-order valence-electron chi connectivity index (χ4n) is 2.90. The largest absolute Gasteiger partial charge is 0.496 e. The molecule has 0 aliphatic carbocycles. The molecule has 1 fully saturated rings. The average Bonchev–Trinajstić information content (AvgIpc) is 3.11. The Morgan fingerprint density at radius 2 is 2.04 bits per heavy atom. The number of nitrogens with zero attached hydrogens (tertiary/aromatic N) is 1. The quantitative estimate of drug-likeness (QED) is 0.793. The maximum absolute atomic E-state index is 12.9. The Morgan fingerprint density at radius 3 is 2.69 bits per heavy atom. The summed E-state index contributed by atoms with van der Waals surface area (Å²) < 4.78 is 33.2. The van der Waals surface area contributed by atoms with Gasteiger partial charge in [0, 0.05) is 25.2 Å². The molecule has 1 aromatic heterocycles. The van der Waals surface area contributed by atoms with Gasteiger partial charge < -0.3 is 19.4 Å². The van der Waals surface area contributed by atoms with Crippen molar-refractivity contribution in [3.8, 4) is 5.75 Å². The molecule has 0 saturated carbocycles. The summed E-state index contributed by atoms with van der Waals surface area (Å²) in [5.41, 5.74) is 0.865. The van der Waals surface area contributed by atoms with Crippen molar-refractivity contribution >= 4 is 28.3 Å². The number of carbonyl (C=O) groups is 1. The number of methoxy groups -OCH3 is 1. The van der Waals surface area contributed by atoms with Crippen molar-refractivity contribution < 1.29 is 22.4 Å². The molecule has 3 N–H and O–H groups in total. The molecule has 0 bridgehead atoms. The lowest BCUT2D eigenvalue weighted by atomic mass is 10.0. The minimum absolute atomic E-state index is 0. The van der Waals surface area contributed by atoms with Gasteiger partial charge in [-0.1, -0.05) is 18.2 Å². The Hall–Kier alpha value is -2.07. The third-order valence-corrected chi connectivity index (χ3v) is 4.85. The number of benzene rings is 1. The van der Waals surface area contributed by atoms with Crippen molar-refractivity contribution in [2.75, 3.05) is 26.7 Å². The summed E-state index contributed by atoms with van der Waals surface area (Å²) in [7, 11) is -2.42. The summed E-state index contributed by atoms with van der Waals surface area (Å²) in [5.74, 6) is 0.219. The minimum Gasteiger partial charge on any atom is -0.496 e. The molecule has 1 amide bonds. The number of amides is 1. The Balaban J connectivity index is 0.00000243. The number of nitrogens with two attached hydrogens (primary N) is 1. The minimum atomic E-state index is -3.99. The second-order valence-electron chi connectivity index (χ2n) is 5.62. The normalized spacial score (nSPS) is 17.5. The van der Waals surface area contributed by atoms with E-state index < -0.39 is 21.0 Å². The summed E-state index contributed by atoms with van der Waals surface area (Å²) in [5, 5.41) is 7.86. The summed E-state index contributed by atoms with van der Waals surface area (Å²) in [6.07, 6.45) is 0. The Kier molecular flexibility index (Phi) is 6.30. The van der Waals surface area contributed by atoms with Gasteiger partial charge >= 0.3 is 0 Å². The number of sulfonamides is 1. The molecule has 2 heterocycles. The van der Waals surface area contributed by atoms with Gasteiger partial charge in [-0.3, -0.25) is 4.79 Å². The summed E-state index contributed by atoms with van der Waals surface area (Å²) in [6, 6.07) is 9.71. The molecule has 1 aliphatic heterocycles. The second kappa shape index (κ2) is 8.09. The maximum atomic E-state index is 12.9. The van der Waals surface area contributed by atoms with Crippen LogP contribution in [0.25, 0.3) is 0 Å². The van der Waals surface area contributed by atoms with Crippen LogP contribution in [0.1, 0.15) is 22.2 Å². The lowest BCUT2D eigenvalue weighted by Crippen LogP contribution is -2.48. The van der Waals surface area contributed by atoms with E-state index in [1.54, 1.807) is 12.0 Å². The van der Waals surface area contributed by atoms with Crippen molar-refractivity contribution in [3.63, 3.8) is 0 Å². The molecule has 0 radical (unpaired) electrons. The number of para-hydroxylation sites is 1. The molecule has 1 saturated heterocycles. The van der Waals surface area contributed by atoms with Gasteiger partial charge in [-0.2, -0.15) is 0 Å². The van der Waals surface area contributed by atoms with Crippen LogP contribution < -0.4 is 15.2 Å². The lowest BCUT2D eigenvalue weighted by molar-refractivity contribution is 0.0593. The summed E-state index contributed by atoms with van der Waals surface area (Å²) >= 11 is 0. The molecule has 142 valence electrons. The standard InChI is InChI=1S/C16H19N3O5S.ClH/c1-23-13-5-3-2-4-11(13)12-10-18-8-9-19(12)16(20)14-6-7-15(24-14)25(17,21)22;/h2-7,12,18H,8-10H2,1H3,(H2,17,21,22);1H. The fourth-order valence-corrected chi connectivity index (χ4v) is 3.36. The van der Waals surface area contributed by atoms with Gasteiger partial charge in [0.25, 0.3) is 15.9 Å². The smallest absolute Gasteiger partial charge is 0.290 e. The monoisotopic (exact) mass is 401 g/mol. The van der Waals surface area contributed by atoms with Crippen molar-refractivity contribution in [1.82, 2.24) is 10.2 Å². The summed E-state index contributed by atoms with van der Waals surface area (Å²) in [6.45, 7) is 1.63. The first-order valence-corrected chi connectivity index (χ1v) is 9.23. The number of halogens is 1. The van der Waals surface area contributed by atoms with Crippen LogP contribution >= 0.6 is 12.4 Å². The molecule has 1 aromatic carbocycles. The molecule has 1 atom stereocenters. The number of hydrogen-bond acceptors (Lipinski definition) is 6. The van der Waals surface area contributed by atoms with E-state index in [0.29, 0.717) is 25.4 Å². The van der Waals surface area contributed by atoms with Crippen LogP contribution in [0.3, 0.4) is 0 Å². The Morgan fingerprint density at radius 1 is 1.31 bits per heavy atom. The highest BCUT2D eigenvalue weighted by Gasteiger charge is 2.32. The maximum Gasteiger partial charge on any atom is 0.290 e. The Labute approximate surface area is 157 Å². The third kappa shape index (κ3) is 4.01. The van der Waals surface area contributed by atoms with Crippen LogP contribution in [0, 0.1) is 0 Å². The van der Waals surface area contributed by atoms with Crippen molar-refractivity contribution in [1.29, 1.82) is 0 Å². The first-order valence-electron chi connectivity index (χ1n) is 7.69. The molecule has 2 aromatic rings. The first kappa shape index (κ1) is 20.2. The number of piperazine rings is 1. The topological polar surface area (TPSA) is 115 Å². The van der Waals surface area contributed by atoms with Crippen LogP contribution in [-0.2, 0) is 10.0 Å². The van der Waals surface area contributed by atoms with E-state index in [-0.39, 0.29) is 24.2 Å². The van der Waals surface area contributed by atoms with Gasteiger partial charge in [0.1, 0.15) is 5.75 Å². The molecule has 26 heavy (non-hydrogen) atoms. The highest BCUT2D eigenvalue weighted by molar-refractivity contribution is 7.89. The molecule has 0 spiro atoms. The van der Waals surface area contributed by atoms with Crippen LogP contribution in [-0.4, -0.2) is 46.0 Å². The van der Waals surface area contributed by atoms with Gasteiger partial charge in [-0.25, -0.2) is 13.6 Å². The zero-order valence-electron chi connectivity index (χ0n) is 14.0. The number of primary sulfonamides is 1. The van der Waals surface area contributed by atoms with Crippen molar-refractivity contribution in [2.24, 2.45) is 5.14 Å². The van der Waals surface area contributed by atoms with Crippen molar-refractivity contribution in [3.05, 3.63) is 47.7 Å².